The number of aromatic carboxylic acids is 1. The van der Waals surface area contributed by atoms with Crippen molar-refractivity contribution in [3.05, 3.63) is 29.3 Å². The molecule has 0 fully saturated rings. The lowest BCUT2D eigenvalue weighted by molar-refractivity contribution is -0.136. The molecule has 0 heterocycles. The minimum absolute atomic E-state index is 0.0221. The van der Waals surface area contributed by atoms with E-state index in [1.165, 1.54) is 19.2 Å². The van der Waals surface area contributed by atoms with Crippen LogP contribution in [0.25, 0.3) is 0 Å². The first-order valence-corrected chi connectivity index (χ1v) is 5.18. The normalized spacial score (nSPS) is 9.00. The number of carboxylic acid groups (broad SMARTS) is 1. The minimum Gasteiger partial charge on any atom is -0.497 e. The highest BCUT2D eigenvalue weighted by Gasteiger charge is 2.10. The highest BCUT2D eigenvalue weighted by Crippen LogP contribution is 2.17. The number of rotatable bonds is 3. The van der Waals surface area contributed by atoms with Gasteiger partial charge < -0.3 is 14.6 Å². The molecule has 0 aliphatic rings. The van der Waals surface area contributed by atoms with Crippen molar-refractivity contribution in [2.75, 3.05) is 13.7 Å². The van der Waals surface area contributed by atoms with Crippen LogP contribution >= 0.6 is 0 Å². The van der Waals surface area contributed by atoms with Gasteiger partial charge in [-0.15, -0.1) is 0 Å². The van der Waals surface area contributed by atoms with E-state index in [0.717, 1.165) is 0 Å². The monoisotopic (exact) mass is 248 g/mol. The molecule has 0 aliphatic carbocycles. The van der Waals surface area contributed by atoms with Crippen LogP contribution in [0.5, 0.6) is 5.75 Å². The van der Waals surface area contributed by atoms with Crippen molar-refractivity contribution in [1.29, 1.82) is 0 Å². The molecule has 18 heavy (non-hydrogen) atoms. The molecule has 0 amide bonds. The van der Waals surface area contributed by atoms with Gasteiger partial charge in [0.1, 0.15) is 5.75 Å². The van der Waals surface area contributed by atoms with E-state index >= 15 is 0 Å². The summed E-state index contributed by atoms with van der Waals surface area (Å²) in [6, 6.07) is 4.40. The Hall–Kier alpha value is -2.48. The van der Waals surface area contributed by atoms with Gasteiger partial charge in [0.25, 0.3) is 0 Å². The number of hydrogen-bond donors (Lipinski definition) is 1. The number of benzene rings is 1. The zero-order chi connectivity index (χ0) is 13.5. The number of esters is 1. The standard InChI is InChI=1S/C13H12O5/c1-3-18-12(14)7-5-9-4-6-10(17-2)8-11(9)13(15)16/h4,6,8H,3H2,1-2H3,(H,15,16). The van der Waals surface area contributed by atoms with Crippen molar-refractivity contribution in [2.24, 2.45) is 0 Å². The number of carbonyl (C=O) groups excluding carboxylic acids is 1. The van der Waals surface area contributed by atoms with Crippen LogP contribution < -0.4 is 4.74 Å². The van der Waals surface area contributed by atoms with Crippen LogP contribution in [0.3, 0.4) is 0 Å². The molecule has 1 aromatic rings. The quantitative estimate of drug-likeness (QED) is 0.645. The lowest BCUT2D eigenvalue weighted by atomic mass is 10.1. The van der Waals surface area contributed by atoms with Crippen LogP contribution in [0.1, 0.15) is 22.8 Å². The summed E-state index contributed by atoms with van der Waals surface area (Å²) in [6.07, 6.45) is 0. The topological polar surface area (TPSA) is 72.8 Å². The summed E-state index contributed by atoms with van der Waals surface area (Å²) in [5.41, 5.74) is 0.211. The number of carbonyl (C=O) groups is 2. The Morgan fingerprint density at radius 1 is 1.39 bits per heavy atom. The van der Waals surface area contributed by atoms with E-state index in [2.05, 4.69) is 16.6 Å². The maximum atomic E-state index is 11.1. The lowest BCUT2D eigenvalue weighted by Crippen LogP contribution is -2.02. The minimum atomic E-state index is -1.14. The molecule has 0 unspecified atom stereocenters. The van der Waals surface area contributed by atoms with Gasteiger partial charge in [-0.2, -0.15) is 0 Å². The first kappa shape index (κ1) is 13.6. The van der Waals surface area contributed by atoms with Gasteiger partial charge in [-0.3, -0.25) is 0 Å². The van der Waals surface area contributed by atoms with Crippen LogP contribution in [0.15, 0.2) is 18.2 Å². The predicted octanol–water partition coefficient (Wildman–Crippen LogP) is 1.31. The Labute approximate surface area is 104 Å². The molecule has 0 atom stereocenters. The van der Waals surface area contributed by atoms with E-state index in [9.17, 15) is 9.59 Å². The molecule has 0 bridgehead atoms. The average molecular weight is 248 g/mol. The van der Waals surface area contributed by atoms with Crippen LogP contribution in [0.4, 0.5) is 0 Å². The summed E-state index contributed by atoms with van der Waals surface area (Å²) in [5.74, 6) is 3.27. The third kappa shape index (κ3) is 3.52. The van der Waals surface area contributed by atoms with Crippen LogP contribution in [0, 0.1) is 11.8 Å². The second-order valence-corrected chi connectivity index (χ2v) is 3.19. The molecule has 0 radical (unpaired) electrons. The van der Waals surface area contributed by atoms with Crippen molar-refractivity contribution in [2.45, 2.75) is 6.92 Å². The molecule has 1 aromatic carbocycles. The van der Waals surface area contributed by atoms with Gasteiger partial charge >= 0.3 is 11.9 Å². The summed E-state index contributed by atoms with van der Waals surface area (Å²) < 4.78 is 9.55. The number of methoxy groups -OCH3 is 1. The van der Waals surface area contributed by atoms with Crippen LogP contribution in [0.2, 0.25) is 0 Å². The second kappa shape index (κ2) is 6.30. The fraction of sp³-hybridized carbons (Fsp3) is 0.231. The van der Waals surface area contributed by atoms with Gasteiger partial charge in [-0.25, -0.2) is 9.59 Å². The first-order valence-electron chi connectivity index (χ1n) is 5.18. The van der Waals surface area contributed by atoms with Gasteiger partial charge in [0, 0.05) is 11.5 Å². The Bertz CT molecular complexity index is 522. The molecule has 1 N–H and O–H groups in total. The van der Waals surface area contributed by atoms with Crippen molar-refractivity contribution in [3.63, 3.8) is 0 Å². The molecule has 0 saturated carbocycles. The van der Waals surface area contributed by atoms with E-state index in [4.69, 9.17) is 9.84 Å². The molecule has 0 spiro atoms. The molecule has 5 nitrogen and oxygen atoms in total. The van der Waals surface area contributed by atoms with Gasteiger partial charge in [0.2, 0.25) is 0 Å². The molecule has 5 heteroatoms. The second-order valence-electron chi connectivity index (χ2n) is 3.19. The SMILES string of the molecule is CCOC(=O)C#Cc1ccc(OC)cc1C(=O)O. The third-order valence-corrected chi connectivity index (χ3v) is 2.03. The van der Waals surface area contributed by atoms with Crippen molar-refractivity contribution in [3.8, 4) is 17.6 Å². The van der Waals surface area contributed by atoms with Gasteiger partial charge in [0.05, 0.1) is 19.3 Å². The summed E-state index contributed by atoms with van der Waals surface area (Å²) >= 11 is 0. The summed E-state index contributed by atoms with van der Waals surface area (Å²) in [6.45, 7) is 1.89. The maximum Gasteiger partial charge on any atom is 0.384 e. The third-order valence-electron chi connectivity index (χ3n) is 2.03. The molecular weight excluding hydrogens is 236 g/mol. The maximum absolute atomic E-state index is 11.1. The Morgan fingerprint density at radius 2 is 2.11 bits per heavy atom. The Morgan fingerprint density at radius 3 is 2.67 bits per heavy atom. The zero-order valence-electron chi connectivity index (χ0n) is 10.0. The van der Waals surface area contributed by atoms with Crippen LogP contribution in [-0.2, 0) is 9.53 Å². The fourth-order valence-corrected chi connectivity index (χ4v) is 1.22. The Kier molecular flexibility index (Phi) is 4.76. The highest BCUT2D eigenvalue weighted by molar-refractivity contribution is 5.93. The highest BCUT2D eigenvalue weighted by atomic mass is 16.5. The van der Waals surface area contributed by atoms with E-state index in [-0.39, 0.29) is 17.7 Å². The summed E-state index contributed by atoms with van der Waals surface area (Å²) in [4.78, 5) is 22.1. The first-order chi connectivity index (χ1) is 8.58. The molecule has 94 valence electrons. The molecule has 1 rings (SSSR count). The fourth-order valence-electron chi connectivity index (χ4n) is 1.22. The van der Waals surface area contributed by atoms with Gasteiger partial charge in [-0.1, -0.05) is 5.92 Å². The predicted molar refractivity (Wildman–Crippen MR) is 63.5 cm³/mol. The summed E-state index contributed by atoms with van der Waals surface area (Å²) in [7, 11) is 1.44. The molecular formula is C13H12O5. The number of carboxylic acids is 1. The average Bonchev–Trinajstić information content (AvgIpc) is 2.36. The largest absolute Gasteiger partial charge is 0.497 e. The van der Waals surface area contributed by atoms with Crippen molar-refractivity contribution in [1.82, 2.24) is 0 Å². The molecule has 0 aliphatic heterocycles. The smallest absolute Gasteiger partial charge is 0.384 e. The number of ether oxygens (including phenoxy) is 2. The van der Waals surface area contributed by atoms with Gasteiger partial charge in [0.15, 0.2) is 0 Å². The molecule has 0 saturated heterocycles. The zero-order valence-corrected chi connectivity index (χ0v) is 10.0. The Balaban J connectivity index is 3.08. The molecule has 0 aromatic heterocycles. The van der Waals surface area contributed by atoms with E-state index in [0.29, 0.717) is 5.75 Å². The van der Waals surface area contributed by atoms with Crippen molar-refractivity contribution >= 4 is 11.9 Å². The van der Waals surface area contributed by atoms with E-state index in [1.54, 1.807) is 13.0 Å². The number of hydrogen-bond acceptors (Lipinski definition) is 4. The van der Waals surface area contributed by atoms with Crippen molar-refractivity contribution < 1.29 is 24.2 Å². The lowest BCUT2D eigenvalue weighted by Gasteiger charge is -2.03. The summed E-state index contributed by atoms with van der Waals surface area (Å²) in [5, 5.41) is 9.01. The van der Waals surface area contributed by atoms with Gasteiger partial charge in [-0.05, 0) is 25.1 Å². The van der Waals surface area contributed by atoms with Crippen LogP contribution in [-0.4, -0.2) is 30.8 Å². The van der Waals surface area contributed by atoms with E-state index in [1.807, 2.05) is 0 Å². The van der Waals surface area contributed by atoms with E-state index < -0.39 is 11.9 Å².